The number of likely N-dealkylation sites (N-methyl/N-ethyl adjacent to an activating group) is 1. The highest BCUT2D eigenvalue weighted by Gasteiger charge is 2.42. The molecule has 1 amide bonds. The van der Waals surface area contributed by atoms with Crippen LogP contribution in [0.15, 0.2) is 30.3 Å². The molecule has 1 aromatic carbocycles. The van der Waals surface area contributed by atoms with Crippen molar-refractivity contribution in [1.82, 2.24) is 10.2 Å². The molecule has 0 fully saturated rings. The first-order valence-corrected chi connectivity index (χ1v) is 6.64. The van der Waals surface area contributed by atoms with Gasteiger partial charge in [0.2, 0.25) is 5.91 Å². The van der Waals surface area contributed by atoms with Crippen molar-refractivity contribution in [2.45, 2.75) is 26.2 Å². The molecule has 0 aliphatic carbocycles. The summed E-state index contributed by atoms with van der Waals surface area (Å²) in [6.07, 6.45) is 0. The minimum atomic E-state index is -0.457. The van der Waals surface area contributed by atoms with Gasteiger partial charge in [-0.15, -0.1) is 0 Å². The van der Waals surface area contributed by atoms with E-state index in [1.807, 2.05) is 58.2 Å². The third kappa shape index (κ3) is 1.72. The molecular weight excluding hydrogens is 250 g/mol. The molecule has 0 saturated carbocycles. The van der Waals surface area contributed by atoms with Crippen LogP contribution in [0, 0.1) is 6.92 Å². The molecule has 0 bridgehead atoms. The number of anilines is 1. The molecule has 0 radical (unpaired) electrons. The number of fused-ring (bicyclic) bond motifs is 1. The number of aryl methyl sites for hydroxylation is 1. The fourth-order valence-corrected chi connectivity index (χ4v) is 2.69. The molecule has 4 nitrogen and oxygen atoms in total. The normalized spacial score (nSPS) is 16.4. The van der Waals surface area contributed by atoms with Crippen LogP contribution in [-0.2, 0) is 10.2 Å². The van der Waals surface area contributed by atoms with Crippen LogP contribution in [0.4, 0.5) is 5.69 Å². The Bertz CT molecular complexity index is 689. The average Bonchev–Trinajstić information content (AvgIpc) is 2.61. The lowest BCUT2D eigenvalue weighted by atomic mass is 9.85. The van der Waals surface area contributed by atoms with Gasteiger partial charge in [0.25, 0.3) is 0 Å². The van der Waals surface area contributed by atoms with E-state index < -0.39 is 5.41 Å². The second kappa shape index (κ2) is 4.13. The molecule has 0 unspecified atom stereocenters. The van der Waals surface area contributed by atoms with E-state index in [1.165, 1.54) is 0 Å². The van der Waals surface area contributed by atoms with E-state index in [4.69, 9.17) is 0 Å². The molecule has 0 N–H and O–H groups in total. The minimum Gasteiger partial charge on any atom is -0.314 e. The Kier molecular flexibility index (Phi) is 2.64. The number of benzene rings is 1. The van der Waals surface area contributed by atoms with Crippen molar-refractivity contribution in [2.24, 2.45) is 0 Å². The van der Waals surface area contributed by atoms with Crippen LogP contribution in [0.2, 0.25) is 0 Å². The Labute approximate surface area is 118 Å². The summed E-state index contributed by atoms with van der Waals surface area (Å²) in [4.78, 5) is 14.0. The fourth-order valence-electron chi connectivity index (χ4n) is 2.69. The predicted molar refractivity (Wildman–Crippen MR) is 78.6 cm³/mol. The highest BCUT2D eigenvalue weighted by molar-refractivity contribution is 6.07. The van der Waals surface area contributed by atoms with Crippen molar-refractivity contribution in [3.8, 4) is 11.3 Å². The van der Waals surface area contributed by atoms with Crippen molar-refractivity contribution >= 4 is 11.6 Å². The molecule has 2 heterocycles. The smallest absolute Gasteiger partial charge is 0.236 e. The first kappa shape index (κ1) is 12.8. The molecule has 102 valence electrons. The first-order valence-electron chi connectivity index (χ1n) is 6.64. The van der Waals surface area contributed by atoms with E-state index in [-0.39, 0.29) is 5.91 Å². The van der Waals surface area contributed by atoms with E-state index in [2.05, 4.69) is 10.2 Å². The molecule has 3 rings (SSSR count). The molecule has 0 spiro atoms. The minimum absolute atomic E-state index is 0.125. The predicted octanol–water partition coefficient (Wildman–Crippen LogP) is 2.71. The Hall–Kier alpha value is -2.23. The molecule has 1 aliphatic heterocycles. The van der Waals surface area contributed by atoms with Crippen molar-refractivity contribution in [1.29, 1.82) is 0 Å². The Morgan fingerprint density at radius 1 is 1.10 bits per heavy atom. The van der Waals surface area contributed by atoms with Crippen LogP contribution in [0.25, 0.3) is 11.3 Å². The highest BCUT2D eigenvalue weighted by Crippen LogP contribution is 2.42. The van der Waals surface area contributed by atoms with E-state index in [9.17, 15) is 4.79 Å². The third-order valence-corrected chi connectivity index (χ3v) is 3.97. The standard InChI is InChI=1S/C16H17N3O/c1-10-5-8-13(18-17-10)11-6-7-12-14(9-11)19(4)15(20)16(12,2)3/h5-9H,1-4H3. The van der Waals surface area contributed by atoms with Crippen molar-refractivity contribution < 1.29 is 4.79 Å². The second-order valence-electron chi connectivity index (χ2n) is 5.78. The van der Waals surface area contributed by atoms with Gasteiger partial charge in [-0.05, 0) is 44.5 Å². The zero-order chi connectivity index (χ0) is 14.5. The Morgan fingerprint density at radius 3 is 2.50 bits per heavy atom. The lowest BCUT2D eigenvalue weighted by molar-refractivity contribution is -0.121. The van der Waals surface area contributed by atoms with Crippen molar-refractivity contribution in [3.05, 3.63) is 41.6 Å². The van der Waals surface area contributed by atoms with Gasteiger partial charge in [0.05, 0.1) is 16.8 Å². The summed E-state index contributed by atoms with van der Waals surface area (Å²) < 4.78 is 0. The summed E-state index contributed by atoms with van der Waals surface area (Å²) >= 11 is 0. The maximum atomic E-state index is 12.3. The van der Waals surface area contributed by atoms with Gasteiger partial charge in [-0.2, -0.15) is 10.2 Å². The van der Waals surface area contributed by atoms with Gasteiger partial charge in [-0.3, -0.25) is 4.79 Å². The van der Waals surface area contributed by atoms with Gasteiger partial charge in [0.15, 0.2) is 0 Å². The summed E-state index contributed by atoms with van der Waals surface area (Å²) in [6.45, 7) is 5.83. The van der Waals surface area contributed by atoms with Gasteiger partial charge < -0.3 is 4.90 Å². The number of hydrogen-bond donors (Lipinski definition) is 0. The fraction of sp³-hybridized carbons (Fsp3) is 0.312. The number of carbonyl (C=O) groups is 1. The van der Waals surface area contributed by atoms with Gasteiger partial charge in [-0.25, -0.2) is 0 Å². The average molecular weight is 267 g/mol. The second-order valence-corrected chi connectivity index (χ2v) is 5.78. The highest BCUT2D eigenvalue weighted by atomic mass is 16.2. The molecule has 4 heteroatoms. The van der Waals surface area contributed by atoms with Crippen LogP contribution >= 0.6 is 0 Å². The first-order chi connectivity index (χ1) is 9.41. The number of nitrogens with zero attached hydrogens (tertiary/aromatic N) is 3. The summed E-state index contributed by atoms with van der Waals surface area (Å²) in [5, 5.41) is 8.28. The Balaban J connectivity index is 2.12. The number of amides is 1. The topological polar surface area (TPSA) is 46.1 Å². The van der Waals surface area contributed by atoms with E-state index >= 15 is 0 Å². The summed E-state index contributed by atoms with van der Waals surface area (Å²) in [6, 6.07) is 9.93. The van der Waals surface area contributed by atoms with Crippen LogP contribution < -0.4 is 4.90 Å². The van der Waals surface area contributed by atoms with E-state index in [1.54, 1.807) is 4.90 Å². The summed E-state index contributed by atoms with van der Waals surface area (Å²) in [5.74, 6) is 0.125. The largest absolute Gasteiger partial charge is 0.314 e. The summed E-state index contributed by atoms with van der Waals surface area (Å²) in [7, 11) is 1.82. The molecule has 0 atom stereocenters. The summed E-state index contributed by atoms with van der Waals surface area (Å²) in [5.41, 5.74) is 4.26. The molecular formula is C16H17N3O. The van der Waals surface area contributed by atoms with Gasteiger partial charge in [0.1, 0.15) is 0 Å². The van der Waals surface area contributed by atoms with Crippen LogP contribution in [0.3, 0.4) is 0 Å². The number of carbonyl (C=O) groups excluding carboxylic acids is 1. The monoisotopic (exact) mass is 267 g/mol. The molecule has 2 aromatic rings. The Morgan fingerprint density at radius 2 is 1.85 bits per heavy atom. The number of aromatic nitrogens is 2. The quantitative estimate of drug-likeness (QED) is 0.798. The van der Waals surface area contributed by atoms with E-state index in [0.29, 0.717) is 0 Å². The van der Waals surface area contributed by atoms with Crippen molar-refractivity contribution in [2.75, 3.05) is 11.9 Å². The van der Waals surface area contributed by atoms with Gasteiger partial charge in [0, 0.05) is 18.3 Å². The molecule has 1 aromatic heterocycles. The SMILES string of the molecule is Cc1ccc(-c2ccc3c(c2)N(C)C(=O)C3(C)C)nn1. The number of rotatable bonds is 1. The maximum absolute atomic E-state index is 12.3. The van der Waals surface area contributed by atoms with Crippen LogP contribution in [-0.4, -0.2) is 23.2 Å². The third-order valence-electron chi connectivity index (χ3n) is 3.97. The van der Waals surface area contributed by atoms with Gasteiger partial charge >= 0.3 is 0 Å². The molecule has 0 saturated heterocycles. The molecule has 20 heavy (non-hydrogen) atoms. The lowest BCUT2D eigenvalue weighted by Crippen LogP contribution is -2.33. The maximum Gasteiger partial charge on any atom is 0.236 e. The van der Waals surface area contributed by atoms with E-state index in [0.717, 1.165) is 28.2 Å². The van der Waals surface area contributed by atoms with Crippen molar-refractivity contribution in [3.63, 3.8) is 0 Å². The van der Waals surface area contributed by atoms with Crippen LogP contribution in [0.5, 0.6) is 0 Å². The number of hydrogen-bond acceptors (Lipinski definition) is 3. The zero-order valence-electron chi connectivity index (χ0n) is 12.1. The lowest BCUT2D eigenvalue weighted by Gasteiger charge is -2.16. The molecule has 1 aliphatic rings. The zero-order valence-corrected chi connectivity index (χ0v) is 12.1. The van der Waals surface area contributed by atoms with Gasteiger partial charge in [-0.1, -0.05) is 12.1 Å². The van der Waals surface area contributed by atoms with Crippen LogP contribution in [0.1, 0.15) is 25.1 Å².